The Morgan fingerprint density at radius 2 is 1.79 bits per heavy atom. The normalized spacial score (nSPS) is 10.6. The third-order valence-electron chi connectivity index (χ3n) is 3.56. The van der Waals surface area contributed by atoms with Gasteiger partial charge in [-0.1, -0.05) is 32.0 Å². The standard InChI is InChI=1S/C17H29N3O2.2ClH/c1-5-20(6-2)11-12-22-15-10-8-7-9-14(15)13-19-16(21)17(3,4)18;;/h7-10H,5-6,11-13,18H2,1-4H3,(H,19,21);2*1H. The molecule has 0 fully saturated rings. The largest absolute Gasteiger partial charge is 0.492 e. The molecule has 1 aromatic carbocycles. The zero-order valence-corrected chi connectivity index (χ0v) is 16.6. The van der Waals surface area contributed by atoms with Crippen molar-refractivity contribution < 1.29 is 9.53 Å². The number of likely N-dealkylation sites (N-methyl/N-ethyl adjacent to an activating group) is 1. The molecule has 0 saturated heterocycles. The summed E-state index contributed by atoms with van der Waals surface area (Å²) in [7, 11) is 0. The molecule has 0 atom stereocenters. The lowest BCUT2D eigenvalue weighted by atomic mass is 10.1. The number of hydrogen-bond acceptors (Lipinski definition) is 4. The Morgan fingerprint density at radius 3 is 2.33 bits per heavy atom. The molecule has 0 aromatic heterocycles. The van der Waals surface area contributed by atoms with Crippen LogP contribution in [-0.4, -0.2) is 42.6 Å². The lowest BCUT2D eigenvalue weighted by molar-refractivity contribution is -0.125. The van der Waals surface area contributed by atoms with Gasteiger partial charge in [0, 0.05) is 18.7 Å². The Kier molecular flexibility index (Phi) is 13.0. The van der Waals surface area contributed by atoms with Gasteiger partial charge in [-0.2, -0.15) is 0 Å². The molecule has 1 amide bonds. The lowest BCUT2D eigenvalue weighted by Crippen LogP contribution is -2.48. The first-order valence-electron chi connectivity index (χ1n) is 7.88. The first-order valence-corrected chi connectivity index (χ1v) is 7.88. The van der Waals surface area contributed by atoms with Gasteiger partial charge in [0.2, 0.25) is 5.91 Å². The summed E-state index contributed by atoms with van der Waals surface area (Å²) in [5.41, 5.74) is 5.86. The van der Waals surface area contributed by atoms with Gasteiger partial charge in [0.15, 0.2) is 0 Å². The van der Waals surface area contributed by atoms with Gasteiger partial charge >= 0.3 is 0 Å². The van der Waals surface area contributed by atoms with E-state index in [9.17, 15) is 4.79 Å². The van der Waals surface area contributed by atoms with Crippen molar-refractivity contribution in [2.24, 2.45) is 5.73 Å². The third-order valence-corrected chi connectivity index (χ3v) is 3.56. The molecule has 24 heavy (non-hydrogen) atoms. The Balaban J connectivity index is 0. The van der Waals surface area contributed by atoms with Crippen molar-refractivity contribution in [3.05, 3.63) is 29.8 Å². The van der Waals surface area contributed by atoms with Crippen LogP contribution < -0.4 is 15.8 Å². The number of nitrogens with zero attached hydrogens (tertiary/aromatic N) is 1. The Hall–Kier alpha value is -1.01. The van der Waals surface area contributed by atoms with Crippen LogP contribution in [-0.2, 0) is 11.3 Å². The molecule has 0 radical (unpaired) electrons. The summed E-state index contributed by atoms with van der Waals surface area (Å²) in [4.78, 5) is 14.2. The van der Waals surface area contributed by atoms with Crippen molar-refractivity contribution in [2.75, 3.05) is 26.2 Å². The number of benzene rings is 1. The molecular formula is C17H31Cl2N3O2. The molecule has 0 saturated carbocycles. The Labute approximate surface area is 158 Å². The van der Waals surface area contributed by atoms with Crippen molar-refractivity contribution >= 4 is 30.7 Å². The van der Waals surface area contributed by atoms with E-state index in [4.69, 9.17) is 10.5 Å². The topological polar surface area (TPSA) is 67.6 Å². The van der Waals surface area contributed by atoms with Crippen LogP contribution in [0.4, 0.5) is 0 Å². The third kappa shape index (κ3) is 8.73. The van der Waals surface area contributed by atoms with E-state index in [1.165, 1.54) is 0 Å². The zero-order chi connectivity index (χ0) is 16.6. The second-order valence-corrected chi connectivity index (χ2v) is 5.89. The fourth-order valence-electron chi connectivity index (χ4n) is 2.02. The van der Waals surface area contributed by atoms with Crippen molar-refractivity contribution in [1.82, 2.24) is 10.2 Å². The number of ether oxygens (including phenoxy) is 1. The molecule has 0 spiro atoms. The molecule has 3 N–H and O–H groups in total. The smallest absolute Gasteiger partial charge is 0.239 e. The molecule has 0 aliphatic rings. The average molecular weight is 380 g/mol. The van der Waals surface area contributed by atoms with Gasteiger partial charge in [-0.3, -0.25) is 4.79 Å². The summed E-state index contributed by atoms with van der Waals surface area (Å²) in [6, 6.07) is 7.76. The number of rotatable bonds is 9. The minimum Gasteiger partial charge on any atom is -0.492 e. The number of carbonyl (C=O) groups excluding carboxylic acids is 1. The van der Waals surface area contributed by atoms with Gasteiger partial charge < -0.3 is 20.7 Å². The molecule has 0 bridgehead atoms. The maximum atomic E-state index is 11.8. The van der Waals surface area contributed by atoms with Crippen LogP contribution in [0, 0.1) is 0 Å². The van der Waals surface area contributed by atoms with Gasteiger partial charge in [-0.25, -0.2) is 0 Å². The molecule has 5 nitrogen and oxygen atoms in total. The van der Waals surface area contributed by atoms with Crippen molar-refractivity contribution in [1.29, 1.82) is 0 Å². The highest BCUT2D eigenvalue weighted by molar-refractivity contribution is 5.86. The predicted molar refractivity (Wildman–Crippen MR) is 104 cm³/mol. The van der Waals surface area contributed by atoms with Crippen molar-refractivity contribution in [3.8, 4) is 5.75 Å². The number of amides is 1. The predicted octanol–water partition coefficient (Wildman–Crippen LogP) is 2.60. The molecule has 0 aliphatic heterocycles. The first-order chi connectivity index (χ1) is 10.4. The summed E-state index contributed by atoms with van der Waals surface area (Å²) in [5, 5.41) is 2.85. The highest BCUT2D eigenvalue weighted by Crippen LogP contribution is 2.18. The number of hydrogen-bond donors (Lipinski definition) is 2. The number of nitrogens with one attached hydrogen (secondary N) is 1. The molecule has 1 rings (SSSR count). The van der Waals surface area contributed by atoms with E-state index in [0.29, 0.717) is 13.2 Å². The van der Waals surface area contributed by atoms with Crippen LogP contribution in [0.5, 0.6) is 5.75 Å². The van der Waals surface area contributed by atoms with E-state index in [2.05, 4.69) is 24.1 Å². The van der Waals surface area contributed by atoms with Gasteiger partial charge in [-0.05, 0) is 33.0 Å². The van der Waals surface area contributed by atoms with Crippen LogP contribution in [0.15, 0.2) is 24.3 Å². The van der Waals surface area contributed by atoms with E-state index < -0.39 is 5.54 Å². The van der Waals surface area contributed by atoms with Gasteiger partial charge in [0.25, 0.3) is 0 Å². The van der Waals surface area contributed by atoms with E-state index in [-0.39, 0.29) is 30.7 Å². The molecule has 140 valence electrons. The highest BCUT2D eigenvalue weighted by atomic mass is 35.5. The monoisotopic (exact) mass is 379 g/mol. The number of halogens is 2. The van der Waals surface area contributed by atoms with E-state index in [0.717, 1.165) is 30.9 Å². The van der Waals surface area contributed by atoms with Gasteiger partial charge in [0.05, 0.1) is 5.54 Å². The molecular weight excluding hydrogens is 349 g/mol. The summed E-state index contributed by atoms with van der Waals surface area (Å²) in [5.74, 6) is 0.634. The summed E-state index contributed by atoms with van der Waals surface area (Å²) >= 11 is 0. The number of carbonyl (C=O) groups is 1. The van der Waals surface area contributed by atoms with Crippen molar-refractivity contribution in [3.63, 3.8) is 0 Å². The molecule has 0 heterocycles. The average Bonchev–Trinajstić information content (AvgIpc) is 2.49. The van der Waals surface area contributed by atoms with Crippen LogP contribution >= 0.6 is 24.8 Å². The van der Waals surface area contributed by atoms with E-state index >= 15 is 0 Å². The van der Waals surface area contributed by atoms with Gasteiger partial charge in [0.1, 0.15) is 12.4 Å². The van der Waals surface area contributed by atoms with Crippen LogP contribution in [0.25, 0.3) is 0 Å². The second-order valence-electron chi connectivity index (χ2n) is 5.89. The molecule has 0 unspecified atom stereocenters. The first kappa shape index (κ1) is 25.2. The zero-order valence-electron chi connectivity index (χ0n) is 15.0. The van der Waals surface area contributed by atoms with Gasteiger partial charge in [-0.15, -0.1) is 24.8 Å². The minimum absolute atomic E-state index is 0. The fraction of sp³-hybridized carbons (Fsp3) is 0.588. The summed E-state index contributed by atoms with van der Waals surface area (Å²) < 4.78 is 5.86. The SMILES string of the molecule is CCN(CC)CCOc1ccccc1CNC(=O)C(C)(C)N.Cl.Cl. The van der Waals surface area contributed by atoms with E-state index in [1.54, 1.807) is 13.8 Å². The Bertz CT molecular complexity index is 475. The summed E-state index contributed by atoms with van der Waals surface area (Å²) in [6.07, 6.45) is 0. The Morgan fingerprint density at radius 1 is 1.21 bits per heavy atom. The number of para-hydroxylation sites is 1. The van der Waals surface area contributed by atoms with Crippen LogP contribution in [0.3, 0.4) is 0 Å². The summed E-state index contributed by atoms with van der Waals surface area (Å²) in [6.45, 7) is 11.6. The maximum Gasteiger partial charge on any atom is 0.239 e. The quantitative estimate of drug-likeness (QED) is 0.691. The molecule has 7 heteroatoms. The van der Waals surface area contributed by atoms with Crippen LogP contribution in [0.1, 0.15) is 33.3 Å². The highest BCUT2D eigenvalue weighted by Gasteiger charge is 2.21. The maximum absolute atomic E-state index is 11.8. The van der Waals surface area contributed by atoms with E-state index in [1.807, 2.05) is 24.3 Å². The molecule has 0 aliphatic carbocycles. The second kappa shape index (κ2) is 12.4. The molecule has 1 aromatic rings. The minimum atomic E-state index is -0.876. The lowest BCUT2D eigenvalue weighted by Gasteiger charge is -2.20. The van der Waals surface area contributed by atoms with Crippen LogP contribution in [0.2, 0.25) is 0 Å². The fourth-order valence-corrected chi connectivity index (χ4v) is 2.02. The van der Waals surface area contributed by atoms with Crippen molar-refractivity contribution in [2.45, 2.75) is 39.8 Å². The number of nitrogens with two attached hydrogens (primary N) is 1.